The maximum Gasteiger partial charge on any atom is 0.260 e. The Bertz CT molecular complexity index is 877. The van der Waals surface area contributed by atoms with Crippen molar-refractivity contribution in [3.8, 4) is 0 Å². The molecule has 9 heteroatoms. The van der Waals surface area contributed by atoms with Gasteiger partial charge in [0.1, 0.15) is 5.92 Å². The molecule has 27 heavy (non-hydrogen) atoms. The summed E-state index contributed by atoms with van der Waals surface area (Å²) in [6, 6.07) is 6.71. The Kier molecular flexibility index (Phi) is 4.25. The summed E-state index contributed by atoms with van der Waals surface area (Å²) < 4.78 is 50.1. The van der Waals surface area contributed by atoms with Crippen LogP contribution in [0.2, 0.25) is 0 Å². The highest BCUT2D eigenvalue weighted by Crippen LogP contribution is 2.48. The smallest absolute Gasteiger partial charge is 0.260 e. The number of halogens is 2. The second-order valence-electron chi connectivity index (χ2n) is 7.70. The highest BCUT2D eigenvalue weighted by Gasteiger charge is 2.62. The van der Waals surface area contributed by atoms with Gasteiger partial charge in [0.2, 0.25) is 11.8 Å². The fraction of sp³-hybridized carbons (Fsp3) is 0.556. The van der Waals surface area contributed by atoms with Gasteiger partial charge in [-0.3, -0.25) is 9.59 Å². The van der Waals surface area contributed by atoms with E-state index < -0.39 is 57.6 Å². The van der Waals surface area contributed by atoms with Gasteiger partial charge in [-0.25, -0.2) is 17.2 Å². The first-order valence-electron chi connectivity index (χ1n) is 8.90. The van der Waals surface area contributed by atoms with E-state index in [1.165, 1.54) is 0 Å². The quantitative estimate of drug-likeness (QED) is 0.771. The Morgan fingerprint density at radius 1 is 1.00 bits per heavy atom. The van der Waals surface area contributed by atoms with E-state index >= 15 is 0 Å². The minimum atomic E-state index is -3.52. The van der Waals surface area contributed by atoms with Crippen LogP contribution in [0.1, 0.15) is 17.5 Å². The number of alkyl halides is 2. The van der Waals surface area contributed by atoms with Crippen LogP contribution in [0.15, 0.2) is 24.3 Å². The zero-order chi connectivity index (χ0) is 19.4. The molecule has 146 valence electrons. The molecule has 1 unspecified atom stereocenters. The second-order valence-corrected chi connectivity index (χ2v) is 9.85. The van der Waals surface area contributed by atoms with Gasteiger partial charge >= 0.3 is 0 Å². The van der Waals surface area contributed by atoms with Crippen LogP contribution in [-0.4, -0.2) is 49.7 Å². The average Bonchev–Trinajstić information content (AvgIpc) is 2.90. The summed E-state index contributed by atoms with van der Waals surface area (Å²) in [5.41, 5.74) is 2.28. The molecular weight excluding hydrogens is 378 g/mol. The van der Waals surface area contributed by atoms with Gasteiger partial charge < -0.3 is 10.6 Å². The molecule has 3 atom stereocenters. The lowest BCUT2D eigenvalue weighted by Crippen LogP contribution is -2.49. The standard InChI is InChI=1S/C18H20F2N2O4S/c19-18(20)7-14(18)17(24)22-15-9-27(25,26)8-13(15)16(23)21-12-5-10-3-1-2-4-11(10)6-12/h1-4,12-15H,5-9H2,(H,21,23)(H,22,24)/t13-,14?,15-/m1/s1. The number of nitrogens with one attached hydrogen (secondary N) is 2. The Morgan fingerprint density at radius 2 is 1.59 bits per heavy atom. The van der Waals surface area contributed by atoms with E-state index in [0.717, 1.165) is 11.1 Å². The molecule has 4 rings (SSSR count). The Hall–Kier alpha value is -2.03. The molecule has 1 heterocycles. The minimum Gasteiger partial charge on any atom is -0.352 e. The van der Waals surface area contributed by atoms with E-state index in [2.05, 4.69) is 10.6 Å². The van der Waals surface area contributed by atoms with Gasteiger partial charge in [-0.05, 0) is 24.0 Å². The first-order chi connectivity index (χ1) is 12.6. The Morgan fingerprint density at radius 3 is 2.15 bits per heavy atom. The Balaban J connectivity index is 1.41. The Labute approximate surface area is 155 Å². The zero-order valence-corrected chi connectivity index (χ0v) is 15.3. The van der Waals surface area contributed by atoms with Crippen LogP contribution in [0.5, 0.6) is 0 Å². The molecule has 1 aromatic rings. The highest BCUT2D eigenvalue weighted by atomic mass is 32.2. The van der Waals surface area contributed by atoms with Gasteiger partial charge in [0.05, 0.1) is 23.5 Å². The number of carbonyl (C=O) groups is 2. The number of fused-ring (bicyclic) bond motifs is 1. The monoisotopic (exact) mass is 398 g/mol. The molecule has 2 amide bonds. The fourth-order valence-corrected chi connectivity index (χ4v) is 5.93. The molecule has 2 aliphatic carbocycles. The topological polar surface area (TPSA) is 92.3 Å². The third-order valence-electron chi connectivity index (χ3n) is 5.56. The molecule has 1 aliphatic heterocycles. The van der Waals surface area contributed by atoms with Crippen LogP contribution in [0.4, 0.5) is 8.78 Å². The van der Waals surface area contributed by atoms with E-state index in [9.17, 15) is 26.8 Å². The number of benzene rings is 1. The molecule has 0 bridgehead atoms. The number of rotatable bonds is 4. The fourth-order valence-electron chi connectivity index (χ4n) is 4.00. The summed E-state index contributed by atoms with van der Waals surface area (Å²) >= 11 is 0. The molecule has 0 radical (unpaired) electrons. The van der Waals surface area contributed by atoms with Crippen molar-refractivity contribution in [3.05, 3.63) is 35.4 Å². The summed E-state index contributed by atoms with van der Waals surface area (Å²) in [5, 5.41) is 5.23. The molecule has 1 aromatic carbocycles. The predicted molar refractivity (Wildman–Crippen MR) is 92.9 cm³/mol. The first kappa shape index (κ1) is 18.3. The van der Waals surface area contributed by atoms with Crippen molar-refractivity contribution in [1.29, 1.82) is 0 Å². The van der Waals surface area contributed by atoms with Crippen molar-refractivity contribution in [3.63, 3.8) is 0 Å². The maximum atomic E-state index is 13.1. The van der Waals surface area contributed by atoms with Crippen LogP contribution in [0.25, 0.3) is 0 Å². The van der Waals surface area contributed by atoms with Crippen LogP contribution in [0.3, 0.4) is 0 Å². The minimum absolute atomic E-state index is 0.137. The first-order valence-corrected chi connectivity index (χ1v) is 10.7. The van der Waals surface area contributed by atoms with Gasteiger partial charge in [-0.15, -0.1) is 0 Å². The van der Waals surface area contributed by atoms with E-state index in [0.29, 0.717) is 12.8 Å². The molecular formula is C18H20F2N2O4S. The molecule has 0 aromatic heterocycles. The van der Waals surface area contributed by atoms with Crippen LogP contribution in [0, 0.1) is 11.8 Å². The van der Waals surface area contributed by atoms with Crippen molar-refractivity contribution in [1.82, 2.24) is 10.6 Å². The number of hydrogen-bond donors (Lipinski definition) is 2. The molecule has 2 fully saturated rings. The van der Waals surface area contributed by atoms with Gasteiger partial charge in [0.15, 0.2) is 9.84 Å². The normalized spacial score (nSPS) is 30.5. The van der Waals surface area contributed by atoms with Crippen LogP contribution < -0.4 is 10.6 Å². The second kappa shape index (κ2) is 6.25. The van der Waals surface area contributed by atoms with Crippen molar-refractivity contribution in [2.75, 3.05) is 11.5 Å². The van der Waals surface area contributed by atoms with Gasteiger partial charge in [0.25, 0.3) is 5.92 Å². The highest BCUT2D eigenvalue weighted by molar-refractivity contribution is 7.91. The number of amides is 2. The van der Waals surface area contributed by atoms with Crippen molar-refractivity contribution < 1.29 is 26.8 Å². The summed E-state index contributed by atoms with van der Waals surface area (Å²) in [7, 11) is -3.52. The number of sulfone groups is 1. The lowest BCUT2D eigenvalue weighted by Gasteiger charge is -2.21. The number of hydrogen-bond acceptors (Lipinski definition) is 4. The van der Waals surface area contributed by atoms with E-state index in [4.69, 9.17) is 0 Å². The lowest BCUT2D eigenvalue weighted by atomic mass is 10.0. The summed E-state index contributed by atoms with van der Waals surface area (Å²) in [6.07, 6.45) is 0.787. The number of carbonyl (C=O) groups excluding carboxylic acids is 2. The maximum absolute atomic E-state index is 13.1. The van der Waals surface area contributed by atoms with Crippen molar-refractivity contribution in [2.45, 2.75) is 37.3 Å². The summed E-state index contributed by atoms with van der Waals surface area (Å²) in [4.78, 5) is 24.6. The third-order valence-corrected chi connectivity index (χ3v) is 7.29. The molecule has 2 N–H and O–H groups in total. The van der Waals surface area contributed by atoms with E-state index in [1.54, 1.807) is 0 Å². The van der Waals surface area contributed by atoms with Crippen molar-refractivity contribution in [2.24, 2.45) is 11.8 Å². The van der Waals surface area contributed by atoms with E-state index in [-0.39, 0.29) is 11.8 Å². The predicted octanol–water partition coefficient (Wildman–Crippen LogP) is 0.455. The average molecular weight is 398 g/mol. The van der Waals surface area contributed by atoms with Crippen LogP contribution >= 0.6 is 0 Å². The SMILES string of the molecule is O=C(N[C@@H]1CS(=O)(=O)C[C@H]1C(=O)NC1Cc2ccccc2C1)C1CC1(F)F. The summed E-state index contributed by atoms with van der Waals surface area (Å²) in [5.74, 6) is -7.54. The van der Waals surface area contributed by atoms with Gasteiger partial charge in [-0.1, -0.05) is 24.3 Å². The van der Waals surface area contributed by atoms with Crippen LogP contribution in [-0.2, 0) is 32.3 Å². The zero-order valence-electron chi connectivity index (χ0n) is 14.5. The molecule has 0 spiro atoms. The molecule has 1 saturated carbocycles. The van der Waals surface area contributed by atoms with E-state index in [1.807, 2.05) is 24.3 Å². The van der Waals surface area contributed by atoms with Crippen molar-refractivity contribution >= 4 is 21.7 Å². The molecule has 3 aliphatic rings. The molecule has 1 saturated heterocycles. The molecule has 6 nitrogen and oxygen atoms in total. The third kappa shape index (κ3) is 3.69. The van der Waals surface area contributed by atoms with Gasteiger partial charge in [-0.2, -0.15) is 0 Å². The largest absolute Gasteiger partial charge is 0.352 e. The van der Waals surface area contributed by atoms with Gasteiger partial charge in [0, 0.05) is 12.5 Å². The summed E-state index contributed by atoms with van der Waals surface area (Å²) in [6.45, 7) is 0. The lowest BCUT2D eigenvalue weighted by molar-refractivity contribution is -0.127.